The molecule has 0 bridgehead atoms. The Hall–Kier alpha value is -1.39. The standard InChI is InChI=1S/C20H21FN2.2ClH/c21-14-19(23-11-9-22-10-12-23)20-17-7-3-1-5-15(17)13-16-6-2-4-8-18(16)20;;/h1-8,13,19,22H,9-12,14H2;2*1H/t19-;;/m0../s1. The van der Waals surface area contributed by atoms with Crippen LogP contribution in [-0.4, -0.2) is 37.8 Å². The van der Waals surface area contributed by atoms with E-state index in [1.165, 1.54) is 21.5 Å². The highest BCUT2D eigenvalue weighted by molar-refractivity contribution is 6.02. The second-order valence-electron chi connectivity index (χ2n) is 6.19. The predicted octanol–water partition coefficient (Wildman–Crippen LogP) is 4.75. The highest BCUT2D eigenvalue weighted by Crippen LogP contribution is 2.35. The van der Waals surface area contributed by atoms with E-state index in [2.05, 4.69) is 52.7 Å². The lowest BCUT2D eigenvalue weighted by Gasteiger charge is -2.34. The van der Waals surface area contributed by atoms with Gasteiger partial charge >= 0.3 is 0 Å². The highest BCUT2D eigenvalue weighted by Gasteiger charge is 2.25. The molecule has 1 fully saturated rings. The van der Waals surface area contributed by atoms with Gasteiger partial charge in [-0.3, -0.25) is 4.90 Å². The third-order valence-electron chi connectivity index (χ3n) is 4.88. The molecule has 1 aliphatic rings. The molecular formula is C20H23Cl2FN2. The van der Waals surface area contributed by atoms with E-state index in [0.29, 0.717) is 0 Å². The normalized spacial score (nSPS) is 16.2. The number of rotatable bonds is 3. The Balaban J connectivity index is 0.00000113. The first-order valence-electron chi connectivity index (χ1n) is 8.29. The molecule has 1 atom stereocenters. The Bertz CT molecular complexity index is 780. The molecule has 1 aliphatic heterocycles. The monoisotopic (exact) mass is 380 g/mol. The topological polar surface area (TPSA) is 15.3 Å². The van der Waals surface area contributed by atoms with Gasteiger partial charge in [-0.05, 0) is 33.2 Å². The van der Waals surface area contributed by atoms with Crippen LogP contribution in [0.3, 0.4) is 0 Å². The van der Waals surface area contributed by atoms with Crippen LogP contribution in [0.2, 0.25) is 0 Å². The average Bonchev–Trinajstić information content (AvgIpc) is 2.62. The average molecular weight is 381 g/mol. The van der Waals surface area contributed by atoms with Crippen LogP contribution in [0.15, 0.2) is 54.6 Å². The molecule has 5 heteroatoms. The fraction of sp³-hybridized carbons (Fsp3) is 0.300. The number of alkyl halides is 1. The fourth-order valence-electron chi connectivity index (χ4n) is 3.76. The predicted molar refractivity (Wildman–Crippen MR) is 109 cm³/mol. The fourth-order valence-corrected chi connectivity index (χ4v) is 3.76. The minimum Gasteiger partial charge on any atom is -0.314 e. The molecule has 134 valence electrons. The van der Waals surface area contributed by atoms with Crippen LogP contribution >= 0.6 is 24.8 Å². The van der Waals surface area contributed by atoms with Crippen LogP contribution in [0.25, 0.3) is 21.5 Å². The van der Waals surface area contributed by atoms with Gasteiger partial charge in [-0.15, -0.1) is 24.8 Å². The molecule has 1 saturated heterocycles. The van der Waals surface area contributed by atoms with E-state index in [1.54, 1.807) is 0 Å². The summed E-state index contributed by atoms with van der Waals surface area (Å²) in [6.07, 6.45) is 0. The lowest BCUT2D eigenvalue weighted by atomic mass is 9.91. The van der Waals surface area contributed by atoms with Gasteiger partial charge in [0.05, 0.1) is 6.04 Å². The van der Waals surface area contributed by atoms with Gasteiger partial charge in [0.2, 0.25) is 0 Å². The lowest BCUT2D eigenvalue weighted by Crippen LogP contribution is -2.45. The number of halogens is 3. The molecule has 0 unspecified atom stereocenters. The molecule has 0 aliphatic carbocycles. The van der Waals surface area contributed by atoms with Gasteiger partial charge in [0.25, 0.3) is 0 Å². The number of nitrogens with one attached hydrogen (secondary N) is 1. The van der Waals surface area contributed by atoms with Gasteiger partial charge in [0, 0.05) is 26.2 Å². The molecule has 1 N–H and O–H groups in total. The lowest BCUT2D eigenvalue weighted by molar-refractivity contribution is 0.149. The first-order valence-corrected chi connectivity index (χ1v) is 8.29. The number of hydrogen-bond acceptors (Lipinski definition) is 2. The molecular weight excluding hydrogens is 358 g/mol. The molecule has 0 saturated carbocycles. The van der Waals surface area contributed by atoms with Gasteiger partial charge in [-0.25, -0.2) is 4.39 Å². The maximum atomic E-state index is 14.1. The molecule has 25 heavy (non-hydrogen) atoms. The molecule has 0 spiro atoms. The van der Waals surface area contributed by atoms with E-state index in [9.17, 15) is 4.39 Å². The Morgan fingerprint density at radius 1 is 0.880 bits per heavy atom. The van der Waals surface area contributed by atoms with Crippen LogP contribution in [0.4, 0.5) is 4.39 Å². The molecule has 3 aromatic rings. The van der Waals surface area contributed by atoms with E-state index in [4.69, 9.17) is 0 Å². The van der Waals surface area contributed by atoms with E-state index >= 15 is 0 Å². The summed E-state index contributed by atoms with van der Waals surface area (Å²) >= 11 is 0. The van der Waals surface area contributed by atoms with Gasteiger partial charge in [0.1, 0.15) is 6.67 Å². The van der Waals surface area contributed by atoms with Crippen molar-refractivity contribution >= 4 is 46.4 Å². The summed E-state index contributed by atoms with van der Waals surface area (Å²) in [4.78, 5) is 2.28. The van der Waals surface area contributed by atoms with Crippen LogP contribution in [0, 0.1) is 0 Å². The summed E-state index contributed by atoms with van der Waals surface area (Å²) in [5.41, 5.74) is 1.14. The van der Waals surface area contributed by atoms with Crippen LogP contribution in [0.1, 0.15) is 11.6 Å². The smallest absolute Gasteiger partial charge is 0.109 e. The molecule has 4 rings (SSSR count). The molecule has 2 nitrogen and oxygen atoms in total. The number of fused-ring (bicyclic) bond motifs is 2. The highest BCUT2D eigenvalue weighted by atomic mass is 35.5. The molecule has 0 radical (unpaired) electrons. The largest absolute Gasteiger partial charge is 0.314 e. The molecule has 0 amide bonds. The van der Waals surface area contributed by atoms with Crippen molar-refractivity contribution in [2.75, 3.05) is 32.9 Å². The Morgan fingerprint density at radius 2 is 1.40 bits per heavy atom. The number of benzene rings is 3. The zero-order chi connectivity index (χ0) is 15.6. The van der Waals surface area contributed by atoms with E-state index in [1.807, 2.05) is 12.1 Å². The summed E-state index contributed by atoms with van der Waals surface area (Å²) in [5.74, 6) is 0. The van der Waals surface area contributed by atoms with Crippen molar-refractivity contribution in [2.45, 2.75) is 6.04 Å². The van der Waals surface area contributed by atoms with Crippen molar-refractivity contribution in [1.29, 1.82) is 0 Å². The van der Waals surface area contributed by atoms with Crippen molar-refractivity contribution in [1.82, 2.24) is 10.2 Å². The quantitative estimate of drug-likeness (QED) is 0.659. The second-order valence-corrected chi connectivity index (χ2v) is 6.19. The van der Waals surface area contributed by atoms with Gasteiger partial charge in [-0.2, -0.15) is 0 Å². The minimum atomic E-state index is -0.349. The Kier molecular flexibility index (Phi) is 7.03. The number of piperazine rings is 1. The van der Waals surface area contributed by atoms with Crippen LogP contribution in [0.5, 0.6) is 0 Å². The van der Waals surface area contributed by atoms with Crippen molar-refractivity contribution in [3.05, 3.63) is 60.2 Å². The zero-order valence-electron chi connectivity index (χ0n) is 14.0. The van der Waals surface area contributed by atoms with E-state index in [-0.39, 0.29) is 37.5 Å². The SMILES string of the molecule is Cl.Cl.FC[C@@H](c1c2ccccc2cc2ccccc12)N1CCNCC1. The van der Waals surface area contributed by atoms with Gasteiger partial charge in [-0.1, -0.05) is 48.5 Å². The van der Waals surface area contributed by atoms with Crippen LogP contribution < -0.4 is 5.32 Å². The first-order chi connectivity index (χ1) is 11.4. The van der Waals surface area contributed by atoms with Crippen molar-refractivity contribution in [3.63, 3.8) is 0 Å². The summed E-state index contributed by atoms with van der Waals surface area (Å²) in [6.45, 7) is 3.30. The third-order valence-corrected chi connectivity index (χ3v) is 4.88. The maximum absolute atomic E-state index is 14.1. The minimum absolute atomic E-state index is 0. The Labute approximate surface area is 160 Å². The first kappa shape index (κ1) is 19.9. The van der Waals surface area contributed by atoms with Gasteiger partial charge in [0.15, 0.2) is 0 Å². The summed E-state index contributed by atoms with van der Waals surface area (Å²) in [7, 11) is 0. The second kappa shape index (κ2) is 8.81. The van der Waals surface area contributed by atoms with Crippen molar-refractivity contribution < 1.29 is 4.39 Å². The maximum Gasteiger partial charge on any atom is 0.109 e. The van der Waals surface area contributed by atoms with Crippen molar-refractivity contribution in [2.24, 2.45) is 0 Å². The molecule has 0 aromatic heterocycles. The summed E-state index contributed by atoms with van der Waals surface area (Å²) in [6, 6.07) is 18.7. The molecule has 3 aromatic carbocycles. The number of hydrogen-bond donors (Lipinski definition) is 1. The van der Waals surface area contributed by atoms with Gasteiger partial charge < -0.3 is 5.32 Å². The number of nitrogens with zero attached hydrogens (tertiary/aromatic N) is 1. The molecule has 1 heterocycles. The summed E-state index contributed by atoms with van der Waals surface area (Å²) < 4.78 is 14.1. The summed E-state index contributed by atoms with van der Waals surface area (Å²) in [5, 5.41) is 8.08. The zero-order valence-corrected chi connectivity index (χ0v) is 15.6. The van der Waals surface area contributed by atoms with Crippen molar-refractivity contribution in [3.8, 4) is 0 Å². The third kappa shape index (κ3) is 3.75. The Morgan fingerprint density at radius 3 is 1.92 bits per heavy atom. The van der Waals surface area contributed by atoms with Crippen LogP contribution in [-0.2, 0) is 0 Å². The van der Waals surface area contributed by atoms with E-state index in [0.717, 1.165) is 31.7 Å². The van der Waals surface area contributed by atoms with E-state index < -0.39 is 0 Å².